The molecular weight excluding hydrogens is 510 g/mol. The quantitative estimate of drug-likeness (QED) is 0.243. The fourth-order valence-corrected chi connectivity index (χ4v) is 6.50. The van der Waals surface area contributed by atoms with Crippen LogP contribution in [-0.4, -0.2) is 29.0 Å². The van der Waals surface area contributed by atoms with Crippen LogP contribution in [0, 0.1) is 6.92 Å². The average molecular weight is 540 g/mol. The lowest BCUT2D eigenvalue weighted by atomic mass is 10.1. The van der Waals surface area contributed by atoms with Gasteiger partial charge in [-0.05, 0) is 68.1 Å². The maximum absolute atomic E-state index is 13.6. The van der Waals surface area contributed by atoms with Crippen molar-refractivity contribution in [1.82, 2.24) is 15.6 Å². The SMILES string of the molecule is C=C(NC1CC[C@@H](NC(C)=O)C1)c1sc2nccc3c2c1NC(=O)N3c1ccc(Oc2ccccc2)cc1C. The van der Waals surface area contributed by atoms with Crippen LogP contribution < -0.4 is 25.6 Å². The van der Waals surface area contributed by atoms with Crippen LogP contribution in [0.1, 0.15) is 36.6 Å². The molecule has 3 heterocycles. The Hall–Kier alpha value is -4.37. The van der Waals surface area contributed by atoms with Crippen molar-refractivity contribution in [1.29, 1.82) is 0 Å². The van der Waals surface area contributed by atoms with Crippen molar-refractivity contribution in [2.24, 2.45) is 0 Å². The standard InChI is InChI=1S/C30H29N5O3S/c1-17-15-23(38-22-7-5-4-6-8-22)11-12-24(17)35-25-13-14-31-29-26(25)27(34-30(35)37)28(39-29)18(2)32-20-9-10-21(16-20)33-19(3)36/h4-8,11-15,20-21,32H,2,9-10,16H2,1,3H3,(H,33,36)(H,34,37)/t20?,21-/m1/s1. The second kappa shape index (κ2) is 10.1. The van der Waals surface area contributed by atoms with Gasteiger partial charge in [0.15, 0.2) is 0 Å². The van der Waals surface area contributed by atoms with E-state index in [-0.39, 0.29) is 24.0 Å². The minimum atomic E-state index is -0.242. The van der Waals surface area contributed by atoms with E-state index in [0.29, 0.717) is 5.75 Å². The summed E-state index contributed by atoms with van der Waals surface area (Å²) in [6.07, 6.45) is 4.44. The van der Waals surface area contributed by atoms with Crippen LogP contribution in [0.5, 0.6) is 11.5 Å². The van der Waals surface area contributed by atoms with Crippen LogP contribution in [0.25, 0.3) is 15.9 Å². The number of pyridine rings is 1. The van der Waals surface area contributed by atoms with Crippen LogP contribution in [0.3, 0.4) is 0 Å². The Bertz CT molecular complexity index is 1600. The Kier molecular flexibility index (Phi) is 6.44. The fraction of sp³-hybridized carbons (Fsp3) is 0.233. The number of nitrogens with zero attached hydrogens (tertiary/aromatic N) is 2. The summed E-state index contributed by atoms with van der Waals surface area (Å²) in [6.45, 7) is 7.81. The fourth-order valence-electron chi connectivity index (χ4n) is 5.45. The predicted octanol–water partition coefficient (Wildman–Crippen LogP) is 6.70. The Labute approximate surface area is 230 Å². The lowest BCUT2D eigenvalue weighted by Crippen LogP contribution is -2.35. The maximum Gasteiger partial charge on any atom is 0.331 e. The number of benzene rings is 2. The number of aromatic nitrogens is 1. The van der Waals surface area contributed by atoms with Crippen molar-refractivity contribution in [2.45, 2.75) is 45.2 Å². The molecule has 3 N–H and O–H groups in total. The van der Waals surface area contributed by atoms with Crippen molar-refractivity contribution < 1.29 is 14.3 Å². The zero-order chi connectivity index (χ0) is 27.1. The highest BCUT2D eigenvalue weighted by atomic mass is 32.1. The van der Waals surface area contributed by atoms with Crippen LogP contribution >= 0.6 is 11.3 Å². The number of amides is 3. The molecule has 198 valence electrons. The van der Waals surface area contributed by atoms with Crippen LogP contribution in [0.2, 0.25) is 0 Å². The number of hydrogen-bond acceptors (Lipinski definition) is 6. The van der Waals surface area contributed by atoms with Gasteiger partial charge in [0.05, 0.1) is 27.3 Å². The van der Waals surface area contributed by atoms with Gasteiger partial charge in [0.2, 0.25) is 5.91 Å². The Morgan fingerprint density at radius 1 is 1.08 bits per heavy atom. The zero-order valence-electron chi connectivity index (χ0n) is 21.8. The summed E-state index contributed by atoms with van der Waals surface area (Å²) in [5.41, 5.74) is 3.93. The number of carbonyl (C=O) groups excluding carboxylic acids is 2. The number of carbonyl (C=O) groups is 2. The summed E-state index contributed by atoms with van der Waals surface area (Å²) in [7, 11) is 0. The zero-order valence-corrected chi connectivity index (χ0v) is 22.6. The molecule has 39 heavy (non-hydrogen) atoms. The molecule has 0 radical (unpaired) electrons. The number of hydrogen-bond donors (Lipinski definition) is 3. The van der Waals surface area contributed by atoms with Gasteiger partial charge in [-0.15, -0.1) is 11.3 Å². The van der Waals surface area contributed by atoms with Gasteiger partial charge in [-0.1, -0.05) is 24.8 Å². The van der Waals surface area contributed by atoms with E-state index in [1.807, 2.05) is 61.5 Å². The number of aryl methyl sites for hydroxylation is 1. The van der Waals surface area contributed by atoms with E-state index >= 15 is 0 Å². The van der Waals surface area contributed by atoms with Crippen molar-refractivity contribution >= 4 is 56.3 Å². The molecular formula is C30H29N5O3S. The number of nitrogens with one attached hydrogen (secondary N) is 3. The molecule has 1 saturated carbocycles. The lowest BCUT2D eigenvalue weighted by Gasteiger charge is -2.30. The first-order valence-corrected chi connectivity index (χ1v) is 13.8. The Balaban J connectivity index is 1.28. The Morgan fingerprint density at radius 2 is 1.85 bits per heavy atom. The van der Waals surface area contributed by atoms with E-state index in [1.54, 1.807) is 18.0 Å². The first-order valence-electron chi connectivity index (χ1n) is 13.0. The number of ether oxygens (including phenoxy) is 1. The van der Waals surface area contributed by atoms with E-state index in [2.05, 4.69) is 27.5 Å². The highest BCUT2D eigenvalue weighted by Crippen LogP contribution is 2.48. The van der Waals surface area contributed by atoms with Crippen LogP contribution in [-0.2, 0) is 4.79 Å². The smallest absolute Gasteiger partial charge is 0.331 e. The highest BCUT2D eigenvalue weighted by Gasteiger charge is 2.33. The van der Waals surface area contributed by atoms with Crippen molar-refractivity contribution in [3.05, 3.63) is 77.8 Å². The molecule has 4 aromatic rings. The number of anilines is 3. The molecule has 2 aliphatic rings. The molecule has 2 aromatic heterocycles. The normalized spacial score (nSPS) is 18.1. The molecule has 0 bridgehead atoms. The monoisotopic (exact) mass is 539 g/mol. The summed E-state index contributed by atoms with van der Waals surface area (Å²) in [4.78, 5) is 33.0. The molecule has 2 atom stereocenters. The number of para-hydroxylation sites is 1. The van der Waals surface area contributed by atoms with Crippen LogP contribution in [0.15, 0.2) is 67.4 Å². The number of thiophene rings is 1. The summed E-state index contributed by atoms with van der Waals surface area (Å²) in [5, 5.41) is 10.5. The number of rotatable bonds is 7. The van der Waals surface area contributed by atoms with Gasteiger partial charge in [0.25, 0.3) is 0 Å². The molecule has 2 aromatic carbocycles. The van der Waals surface area contributed by atoms with Crippen molar-refractivity contribution in [3.8, 4) is 11.5 Å². The maximum atomic E-state index is 13.6. The molecule has 1 aliphatic heterocycles. The molecule has 6 rings (SSSR count). The van der Waals surface area contributed by atoms with Gasteiger partial charge in [0.1, 0.15) is 16.3 Å². The third kappa shape index (κ3) is 4.81. The first-order chi connectivity index (χ1) is 18.9. The molecule has 0 spiro atoms. The van der Waals surface area contributed by atoms with Crippen molar-refractivity contribution in [3.63, 3.8) is 0 Å². The van der Waals surface area contributed by atoms with Crippen molar-refractivity contribution in [2.75, 3.05) is 10.2 Å². The minimum absolute atomic E-state index is 0.00659. The highest BCUT2D eigenvalue weighted by molar-refractivity contribution is 7.20. The molecule has 1 fully saturated rings. The number of urea groups is 1. The van der Waals surface area contributed by atoms with E-state index in [4.69, 9.17) is 4.74 Å². The summed E-state index contributed by atoms with van der Waals surface area (Å²) < 4.78 is 5.99. The predicted molar refractivity (Wildman–Crippen MR) is 156 cm³/mol. The first kappa shape index (κ1) is 24.9. The average Bonchev–Trinajstić information content (AvgIpc) is 3.50. The second-order valence-corrected chi connectivity index (χ2v) is 11.0. The molecule has 9 heteroatoms. The molecule has 3 amide bonds. The molecule has 8 nitrogen and oxygen atoms in total. The third-order valence-corrected chi connectivity index (χ3v) is 8.28. The topological polar surface area (TPSA) is 95.6 Å². The van der Waals surface area contributed by atoms with E-state index in [1.165, 1.54) is 11.3 Å². The summed E-state index contributed by atoms with van der Waals surface area (Å²) in [6, 6.07) is 17.3. The van der Waals surface area contributed by atoms with E-state index in [9.17, 15) is 9.59 Å². The third-order valence-electron chi connectivity index (χ3n) is 7.13. The largest absolute Gasteiger partial charge is 0.457 e. The van der Waals surface area contributed by atoms with Gasteiger partial charge in [0, 0.05) is 30.9 Å². The van der Waals surface area contributed by atoms with Gasteiger partial charge < -0.3 is 20.7 Å². The van der Waals surface area contributed by atoms with Crippen LogP contribution in [0.4, 0.5) is 21.9 Å². The lowest BCUT2D eigenvalue weighted by molar-refractivity contribution is -0.119. The molecule has 0 saturated heterocycles. The molecule has 1 aliphatic carbocycles. The minimum Gasteiger partial charge on any atom is -0.457 e. The summed E-state index contributed by atoms with van der Waals surface area (Å²) >= 11 is 1.51. The second-order valence-electron chi connectivity index (χ2n) is 9.98. The van der Waals surface area contributed by atoms with Gasteiger partial charge in [-0.2, -0.15) is 0 Å². The van der Waals surface area contributed by atoms with E-state index < -0.39 is 0 Å². The van der Waals surface area contributed by atoms with Gasteiger partial charge in [-0.3, -0.25) is 9.69 Å². The van der Waals surface area contributed by atoms with Gasteiger partial charge >= 0.3 is 6.03 Å². The Morgan fingerprint density at radius 3 is 2.59 bits per heavy atom. The van der Waals surface area contributed by atoms with Gasteiger partial charge in [-0.25, -0.2) is 9.78 Å². The van der Waals surface area contributed by atoms with E-state index in [0.717, 1.165) is 68.4 Å². The molecule has 1 unspecified atom stereocenters. The summed E-state index contributed by atoms with van der Waals surface area (Å²) in [5.74, 6) is 1.45.